The predicted octanol–water partition coefficient (Wildman–Crippen LogP) is 3.78. The smallest absolute Gasteiger partial charge is 0.207 e. The zero-order valence-electron chi connectivity index (χ0n) is 11.3. The number of alkyl halides is 3. The first-order valence-electron chi connectivity index (χ1n) is 6.49. The minimum absolute atomic E-state index is 0.134. The van der Waals surface area contributed by atoms with Gasteiger partial charge in [0.1, 0.15) is 0 Å². The normalized spacial score (nSPS) is 21.5. The molecule has 1 aliphatic rings. The van der Waals surface area contributed by atoms with E-state index in [1.807, 2.05) is 6.92 Å². The van der Waals surface area contributed by atoms with Gasteiger partial charge in [-0.1, -0.05) is 18.5 Å². The van der Waals surface area contributed by atoms with E-state index in [9.17, 15) is 21.6 Å². The highest BCUT2D eigenvalue weighted by Crippen LogP contribution is 2.37. The average molecular weight is 342 g/mol. The molecule has 0 aliphatic carbocycles. The molecule has 0 N–H and O–H groups in total. The van der Waals surface area contributed by atoms with E-state index in [2.05, 4.69) is 0 Å². The molecule has 0 amide bonds. The summed E-state index contributed by atoms with van der Waals surface area (Å²) in [5.41, 5.74) is -1.21. The fraction of sp³-hybridized carbons (Fsp3) is 0.538. The van der Waals surface area contributed by atoms with E-state index in [-0.39, 0.29) is 24.0 Å². The van der Waals surface area contributed by atoms with Crippen LogP contribution in [0.25, 0.3) is 0 Å². The van der Waals surface area contributed by atoms with E-state index in [1.165, 1.54) is 0 Å². The Hall–Kier alpha value is -0.790. The van der Waals surface area contributed by atoms with Gasteiger partial charge in [0.15, 0.2) is 0 Å². The molecule has 8 heteroatoms. The molecule has 1 aliphatic heterocycles. The molecule has 118 valence electrons. The van der Waals surface area contributed by atoms with Gasteiger partial charge in [-0.05, 0) is 37.0 Å². The average Bonchev–Trinajstić information content (AvgIpc) is 2.37. The summed E-state index contributed by atoms with van der Waals surface area (Å²) in [6, 6.07) is 2.75. The molecule has 0 bridgehead atoms. The Morgan fingerprint density at radius 3 is 2.57 bits per heavy atom. The van der Waals surface area contributed by atoms with E-state index < -0.39 is 26.7 Å². The number of halogens is 4. The van der Waals surface area contributed by atoms with E-state index in [0.717, 1.165) is 22.9 Å². The van der Waals surface area contributed by atoms with Crippen molar-refractivity contribution in [3.63, 3.8) is 0 Å². The second-order valence-corrected chi connectivity index (χ2v) is 7.59. The van der Waals surface area contributed by atoms with Gasteiger partial charge in [-0.15, -0.1) is 0 Å². The van der Waals surface area contributed by atoms with Gasteiger partial charge in [0.2, 0.25) is 10.0 Å². The summed E-state index contributed by atoms with van der Waals surface area (Å²) in [6.07, 6.45) is -3.25. The van der Waals surface area contributed by atoms with Gasteiger partial charge in [-0.2, -0.15) is 17.5 Å². The van der Waals surface area contributed by atoms with Crippen LogP contribution in [0, 0.1) is 5.92 Å². The third kappa shape index (κ3) is 3.52. The third-order valence-electron chi connectivity index (χ3n) is 3.48. The highest BCUT2D eigenvalue weighted by molar-refractivity contribution is 7.89. The number of hydrogen-bond donors (Lipinski definition) is 0. The highest BCUT2D eigenvalue weighted by atomic mass is 35.5. The van der Waals surface area contributed by atoms with Gasteiger partial charge in [-0.3, -0.25) is 0 Å². The molecule has 1 heterocycles. The van der Waals surface area contributed by atoms with Crippen molar-refractivity contribution in [1.29, 1.82) is 0 Å². The van der Waals surface area contributed by atoms with Crippen LogP contribution in [0.1, 0.15) is 25.3 Å². The number of hydrogen-bond acceptors (Lipinski definition) is 2. The Morgan fingerprint density at radius 1 is 1.33 bits per heavy atom. The monoisotopic (exact) mass is 341 g/mol. The van der Waals surface area contributed by atoms with Crippen LogP contribution in [0.2, 0.25) is 5.02 Å². The number of piperidine rings is 1. The van der Waals surface area contributed by atoms with Crippen molar-refractivity contribution in [2.75, 3.05) is 13.1 Å². The Bertz CT molecular complexity index is 631. The lowest BCUT2D eigenvalue weighted by atomic mass is 10.0. The van der Waals surface area contributed by atoms with Crippen molar-refractivity contribution in [3.05, 3.63) is 28.8 Å². The zero-order chi connectivity index (χ0) is 15.8. The van der Waals surface area contributed by atoms with Crippen molar-refractivity contribution in [1.82, 2.24) is 4.31 Å². The summed E-state index contributed by atoms with van der Waals surface area (Å²) in [7, 11) is -4.17. The summed E-state index contributed by atoms with van der Waals surface area (Å²) in [6.45, 7) is 2.36. The predicted molar refractivity (Wildman–Crippen MR) is 73.6 cm³/mol. The molecule has 1 atom stereocenters. The first kappa shape index (κ1) is 16.6. The van der Waals surface area contributed by atoms with Crippen molar-refractivity contribution >= 4 is 21.6 Å². The molecule has 0 spiro atoms. The maximum Gasteiger partial charge on any atom is 0.417 e. The second-order valence-electron chi connectivity index (χ2n) is 5.25. The molecule has 1 unspecified atom stereocenters. The molecule has 21 heavy (non-hydrogen) atoms. The topological polar surface area (TPSA) is 37.4 Å². The number of sulfonamides is 1. The summed E-state index contributed by atoms with van der Waals surface area (Å²) in [5, 5.41) is -0.145. The Morgan fingerprint density at radius 2 is 2.00 bits per heavy atom. The van der Waals surface area contributed by atoms with Crippen LogP contribution in [-0.4, -0.2) is 25.8 Å². The molecule has 3 nitrogen and oxygen atoms in total. The van der Waals surface area contributed by atoms with E-state index >= 15 is 0 Å². The van der Waals surface area contributed by atoms with Crippen molar-refractivity contribution in [2.45, 2.75) is 30.8 Å². The molecule has 0 saturated carbocycles. The number of nitrogens with zero attached hydrogens (tertiary/aromatic N) is 1. The lowest BCUT2D eigenvalue weighted by Crippen LogP contribution is -2.39. The van der Waals surface area contributed by atoms with Gasteiger partial charge in [0.05, 0.1) is 10.5 Å². The molecule has 0 radical (unpaired) electrons. The Kier molecular flexibility index (Phi) is 4.56. The maximum absolute atomic E-state index is 13.1. The molecule has 1 aromatic rings. The van der Waals surface area contributed by atoms with Crippen molar-refractivity contribution in [3.8, 4) is 0 Å². The highest BCUT2D eigenvalue weighted by Gasteiger charge is 2.40. The Balaban J connectivity index is 2.50. The first-order chi connectivity index (χ1) is 9.62. The van der Waals surface area contributed by atoms with Gasteiger partial charge >= 0.3 is 6.18 Å². The van der Waals surface area contributed by atoms with E-state index in [4.69, 9.17) is 11.6 Å². The fourth-order valence-electron chi connectivity index (χ4n) is 2.45. The van der Waals surface area contributed by atoms with Crippen LogP contribution in [0.3, 0.4) is 0 Å². The number of rotatable bonds is 2. The summed E-state index contributed by atoms with van der Waals surface area (Å²) in [5.74, 6) is 0.134. The lowest BCUT2D eigenvalue weighted by Gasteiger charge is -2.30. The van der Waals surface area contributed by atoms with Gasteiger partial charge in [0.25, 0.3) is 0 Å². The summed E-state index contributed by atoms with van der Waals surface area (Å²) >= 11 is 5.57. The molecule has 1 aromatic carbocycles. The fourth-order valence-corrected chi connectivity index (χ4v) is 4.42. The van der Waals surface area contributed by atoms with Crippen molar-refractivity contribution in [2.24, 2.45) is 5.92 Å². The third-order valence-corrected chi connectivity index (χ3v) is 5.64. The molecule has 2 rings (SSSR count). The second kappa shape index (κ2) is 5.78. The number of benzene rings is 1. The minimum atomic E-state index is -4.77. The summed E-state index contributed by atoms with van der Waals surface area (Å²) < 4.78 is 65.3. The SMILES string of the molecule is CC1CCCN(S(=O)(=O)c2ccc(Cl)cc2C(F)(F)F)C1. The van der Waals surface area contributed by atoms with Crippen molar-refractivity contribution < 1.29 is 21.6 Å². The molecular weight excluding hydrogens is 327 g/mol. The van der Waals surface area contributed by atoms with Crippen LogP contribution in [-0.2, 0) is 16.2 Å². The largest absolute Gasteiger partial charge is 0.417 e. The molecule has 0 aromatic heterocycles. The van der Waals surface area contributed by atoms with Crippen LogP contribution >= 0.6 is 11.6 Å². The van der Waals surface area contributed by atoms with Crippen LogP contribution in [0.4, 0.5) is 13.2 Å². The standard InChI is InChI=1S/C13H15ClF3NO2S/c1-9-3-2-6-18(8-9)21(19,20)12-5-4-10(14)7-11(12)13(15,16)17/h4-5,7,9H,2-3,6,8H2,1H3. The lowest BCUT2D eigenvalue weighted by molar-refractivity contribution is -0.139. The summed E-state index contributed by atoms with van der Waals surface area (Å²) in [4.78, 5) is -0.728. The van der Waals surface area contributed by atoms with E-state index in [0.29, 0.717) is 12.5 Å². The minimum Gasteiger partial charge on any atom is -0.207 e. The molecular formula is C13H15ClF3NO2S. The van der Waals surface area contributed by atoms with Gasteiger partial charge in [0, 0.05) is 18.1 Å². The van der Waals surface area contributed by atoms with Crippen LogP contribution < -0.4 is 0 Å². The van der Waals surface area contributed by atoms with E-state index in [1.54, 1.807) is 0 Å². The Labute approximate surface area is 126 Å². The first-order valence-corrected chi connectivity index (χ1v) is 8.31. The van der Waals surface area contributed by atoms with Gasteiger partial charge < -0.3 is 0 Å². The van der Waals surface area contributed by atoms with Gasteiger partial charge in [-0.25, -0.2) is 8.42 Å². The molecule has 1 fully saturated rings. The van der Waals surface area contributed by atoms with Crippen LogP contribution in [0.15, 0.2) is 23.1 Å². The zero-order valence-corrected chi connectivity index (χ0v) is 12.9. The quantitative estimate of drug-likeness (QED) is 0.821. The molecule has 1 saturated heterocycles. The van der Waals surface area contributed by atoms with Crippen LogP contribution in [0.5, 0.6) is 0 Å². The maximum atomic E-state index is 13.1.